The molecule has 0 bridgehead atoms. The number of halogens is 1. The Balaban J connectivity index is 0.00000484. The van der Waals surface area contributed by atoms with Crippen molar-refractivity contribution in [1.82, 2.24) is 20.9 Å². The van der Waals surface area contributed by atoms with Gasteiger partial charge in [0, 0.05) is 37.1 Å². The summed E-state index contributed by atoms with van der Waals surface area (Å²) in [6.45, 7) is 8.52. The lowest BCUT2D eigenvalue weighted by Crippen LogP contribution is -2.39. The van der Waals surface area contributed by atoms with Gasteiger partial charge in [-0.05, 0) is 19.8 Å². The molecule has 0 aliphatic carbocycles. The van der Waals surface area contributed by atoms with E-state index >= 15 is 0 Å². The summed E-state index contributed by atoms with van der Waals surface area (Å²) in [5, 5.41) is 10.3. The number of guanidine groups is 1. The summed E-state index contributed by atoms with van der Waals surface area (Å²) < 4.78 is 0. The van der Waals surface area contributed by atoms with E-state index in [0.717, 1.165) is 37.4 Å². The van der Waals surface area contributed by atoms with E-state index in [9.17, 15) is 4.79 Å². The number of aliphatic imine (C=N–C) groups is 1. The number of carbonyl (C=O) groups excluding carboxylic acids is 1. The van der Waals surface area contributed by atoms with Crippen LogP contribution in [0.2, 0.25) is 0 Å². The molecule has 132 valence electrons. The highest BCUT2D eigenvalue weighted by molar-refractivity contribution is 14.0. The van der Waals surface area contributed by atoms with Gasteiger partial charge in [0.2, 0.25) is 5.91 Å². The Bertz CT molecular complexity index is 478. The molecular formula is C15H28IN5OS. The molecule has 0 spiro atoms. The van der Waals surface area contributed by atoms with Gasteiger partial charge in [-0.2, -0.15) is 0 Å². The van der Waals surface area contributed by atoms with Crippen LogP contribution in [0.1, 0.15) is 37.1 Å². The van der Waals surface area contributed by atoms with Crippen LogP contribution >= 0.6 is 35.3 Å². The van der Waals surface area contributed by atoms with E-state index in [2.05, 4.69) is 32.9 Å². The Kier molecular flexibility index (Phi) is 13.0. The summed E-state index contributed by atoms with van der Waals surface area (Å²) in [7, 11) is 0. The Morgan fingerprint density at radius 3 is 2.61 bits per heavy atom. The molecule has 0 fully saturated rings. The van der Waals surface area contributed by atoms with Crippen LogP contribution < -0.4 is 16.0 Å². The fraction of sp³-hybridized carbons (Fsp3) is 0.667. The first-order valence-corrected chi connectivity index (χ1v) is 8.73. The highest BCUT2D eigenvalue weighted by atomic mass is 127. The first-order valence-electron chi connectivity index (χ1n) is 7.92. The average Bonchev–Trinajstić information content (AvgIpc) is 2.98. The number of carbonyl (C=O) groups is 1. The molecule has 23 heavy (non-hydrogen) atoms. The molecule has 3 N–H and O–H groups in total. The molecule has 1 amide bonds. The molecule has 1 heterocycles. The minimum absolute atomic E-state index is 0. The number of aryl methyl sites for hydroxylation is 1. The van der Waals surface area contributed by atoms with Crippen LogP contribution in [0.25, 0.3) is 0 Å². The Morgan fingerprint density at radius 1 is 1.22 bits per heavy atom. The lowest BCUT2D eigenvalue weighted by molar-refractivity contribution is -0.119. The fourth-order valence-corrected chi connectivity index (χ4v) is 2.59. The lowest BCUT2D eigenvalue weighted by Gasteiger charge is -2.10. The quantitative estimate of drug-likeness (QED) is 0.304. The van der Waals surface area contributed by atoms with E-state index in [-0.39, 0.29) is 36.4 Å². The van der Waals surface area contributed by atoms with Gasteiger partial charge in [-0.3, -0.25) is 4.79 Å². The number of hydrogen-bond donors (Lipinski definition) is 3. The SMILES string of the molecule is CCCNC(=O)CN=C(NCC)NCCc1ncc(CC)s1.I. The number of amides is 1. The standard InChI is InChI=1S/C15H27N5OS.HI/c1-4-8-17-13(21)11-20-15(16-6-3)18-9-7-14-19-10-12(5-2)22-14;/h10H,4-9,11H2,1-3H3,(H,17,21)(H2,16,18,20);1H. The van der Waals surface area contributed by atoms with Crippen LogP contribution in [0.3, 0.4) is 0 Å². The van der Waals surface area contributed by atoms with Gasteiger partial charge in [0.15, 0.2) is 5.96 Å². The van der Waals surface area contributed by atoms with Gasteiger partial charge in [-0.15, -0.1) is 35.3 Å². The summed E-state index contributed by atoms with van der Waals surface area (Å²) in [6, 6.07) is 0. The monoisotopic (exact) mass is 453 g/mol. The summed E-state index contributed by atoms with van der Waals surface area (Å²) in [4.78, 5) is 21.5. The number of aromatic nitrogens is 1. The molecule has 0 saturated carbocycles. The van der Waals surface area contributed by atoms with Crippen molar-refractivity contribution in [3.05, 3.63) is 16.1 Å². The van der Waals surface area contributed by atoms with Gasteiger partial charge in [-0.1, -0.05) is 13.8 Å². The minimum Gasteiger partial charge on any atom is -0.357 e. The zero-order valence-corrected chi connectivity index (χ0v) is 17.3. The number of rotatable bonds is 9. The minimum atomic E-state index is -0.0495. The molecule has 0 atom stereocenters. The molecule has 0 saturated heterocycles. The number of nitrogens with one attached hydrogen (secondary N) is 3. The molecule has 0 radical (unpaired) electrons. The first-order chi connectivity index (χ1) is 10.7. The molecule has 1 aromatic heterocycles. The van der Waals surface area contributed by atoms with Gasteiger partial charge in [0.1, 0.15) is 6.54 Å². The summed E-state index contributed by atoms with van der Waals surface area (Å²) in [5.74, 6) is 0.619. The smallest absolute Gasteiger partial charge is 0.241 e. The van der Waals surface area contributed by atoms with Crippen LogP contribution in [0.5, 0.6) is 0 Å². The average molecular weight is 453 g/mol. The van der Waals surface area contributed by atoms with Crippen LogP contribution in [0.15, 0.2) is 11.2 Å². The molecule has 0 aromatic carbocycles. The number of nitrogens with zero attached hydrogens (tertiary/aromatic N) is 2. The fourth-order valence-electron chi connectivity index (χ4n) is 1.73. The third kappa shape index (κ3) is 9.75. The van der Waals surface area contributed by atoms with Crippen molar-refractivity contribution in [3.8, 4) is 0 Å². The van der Waals surface area contributed by atoms with Gasteiger partial charge >= 0.3 is 0 Å². The maximum atomic E-state index is 11.6. The van der Waals surface area contributed by atoms with E-state index in [1.54, 1.807) is 11.3 Å². The van der Waals surface area contributed by atoms with Crippen molar-refractivity contribution in [2.45, 2.75) is 40.0 Å². The highest BCUT2D eigenvalue weighted by Gasteiger charge is 2.03. The van der Waals surface area contributed by atoms with Crippen LogP contribution in [0.4, 0.5) is 0 Å². The first kappa shape index (κ1) is 22.1. The van der Waals surface area contributed by atoms with Crippen LogP contribution in [-0.4, -0.2) is 43.0 Å². The van der Waals surface area contributed by atoms with Gasteiger partial charge in [-0.25, -0.2) is 9.98 Å². The second-order valence-electron chi connectivity index (χ2n) is 4.80. The van der Waals surface area contributed by atoms with E-state index in [1.165, 1.54) is 4.88 Å². The lowest BCUT2D eigenvalue weighted by atomic mass is 10.4. The Morgan fingerprint density at radius 2 is 2.00 bits per heavy atom. The molecule has 0 aliphatic heterocycles. The topological polar surface area (TPSA) is 78.4 Å². The zero-order chi connectivity index (χ0) is 16.2. The Hall–Kier alpha value is -0.900. The van der Waals surface area contributed by atoms with Crippen molar-refractivity contribution >= 4 is 47.2 Å². The van der Waals surface area contributed by atoms with Crippen molar-refractivity contribution in [2.75, 3.05) is 26.2 Å². The van der Waals surface area contributed by atoms with Crippen molar-refractivity contribution < 1.29 is 4.79 Å². The summed E-state index contributed by atoms with van der Waals surface area (Å²) in [5.41, 5.74) is 0. The van der Waals surface area contributed by atoms with Crippen molar-refractivity contribution in [2.24, 2.45) is 4.99 Å². The number of hydrogen-bond acceptors (Lipinski definition) is 4. The maximum absolute atomic E-state index is 11.6. The summed E-state index contributed by atoms with van der Waals surface area (Å²) >= 11 is 1.75. The number of thiazole rings is 1. The second-order valence-corrected chi connectivity index (χ2v) is 6.00. The second kappa shape index (κ2) is 13.5. The largest absolute Gasteiger partial charge is 0.357 e. The predicted molar refractivity (Wildman–Crippen MR) is 108 cm³/mol. The third-order valence-corrected chi connectivity index (χ3v) is 4.08. The van der Waals surface area contributed by atoms with E-state index in [0.29, 0.717) is 12.5 Å². The van der Waals surface area contributed by atoms with Gasteiger partial charge in [0.25, 0.3) is 0 Å². The van der Waals surface area contributed by atoms with Crippen LogP contribution in [-0.2, 0) is 17.6 Å². The molecule has 0 aliphatic rings. The van der Waals surface area contributed by atoms with Crippen molar-refractivity contribution in [3.63, 3.8) is 0 Å². The van der Waals surface area contributed by atoms with E-state index < -0.39 is 0 Å². The van der Waals surface area contributed by atoms with Gasteiger partial charge < -0.3 is 16.0 Å². The highest BCUT2D eigenvalue weighted by Crippen LogP contribution is 2.13. The van der Waals surface area contributed by atoms with E-state index in [4.69, 9.17) is 0 Å². The summed E-state index contributed by atoms with van der Waals surface area (Å²) in [6.07, 6.45) is 4.76. The van der Waals surface area contributed by atoms with Crippen molar-refractivity contribution in [1.29, 1.82) is 0 Å². The normalized spacial score (nSPS) is 10.8. The Labute approximate surface area is 160 Å². The zero-order valence-electron chi connectivity index (χ0n) is 14.1. The molecule has 1 rings (SSSR count). The van der Waals surface area contributed by atoms with Crippen LogP contribution in [0, 0.1) is 0 Å². The molecule has 6 nitrogen and oxygen atoms in total. The predicted octanol–water partition coefficient (Wildman–Crippen LogP) is 1.95. The van der Waals surface area contributed by atoms with E-state index in [1.807, 2.05) is 20.0 Å². The maximum Gasteiger partial charge on any atom is 0.241 e. The molecule has 8 heteroatoms. The molecule has 0 unspecified atom stereocenters. The molecule has 1 aromatic rings. The third-order valence-electron chi connectivity index (χ3n) is 2.88. The van der Waals surface area contributed by atoms with Gasteiger partial charge in [0.05, 0.1) is 5.01 Å². The molecular weight excluding hydrogens is 425 g/mol.